The lowest BCUT2D eigenvalue weighted by atomic mass is 10.00. The zero-order valence-electron chi connectivity index (χ0n) is 13.4. The molecule has 2 saturated heterocycles. The summed E-state index contributed by atoms with van der Waals surface area (Å²) in [5.41, 5.74) is 0. The second-order valence-electron chi connectivity index (χ2n) is 6.48. The van der Waals surface area contributed by atoms with Crippen molar-refractivity contribution in [2.24, 2.45) is 0 Å². The third-order valence-electron chi connectivity index (χ3n) is 4.80. The third kappa shape index (κ3) is 5.32. The Morgan fingerprint density at radius 1 is 1.10 bits per heavy atom. The first kappa shape index (κ1) is 16.2. The molecule has 4 heteroatoms. The fraction of sp³-hybridized carbons (Fsp3) is 1.00. The van der Waals surface area contributed by atoms with Gasteiger partial charge < -0.3 is 19.9 Å². The molecule has 0 spiro atoms. The van der Waals surface area contributed by atoms with Gasteiger partial charge in [-0.05, 0) is 58.8 Å². The van der Waals surface area contributed by atoms with Gasteiger partial charge in [0.2, 0.25) is 0 Å². The van der Waals surface area contributed by atoms with Crippen molar-refractivity contribution in [1.29, 1.82) is 0 Å². The lowest BCUT2D eigenvalue weighted by Crippen LogP contribution is -2.48. The Bertz CT molecular complexity index is 248. The standard InChI is InChI=1S/C16H33N3O/c1-15(14-20-2)17-8-13-18-11-6-16(7-12-18)19-9-4-3-5-10-19/h15-17H,3-14H2,1-2H3. The van der Waals surface area contributed by atoms with Gasteiger partial charge in [-0.1, -0.05) is 6.42 Å². The van der Waals surface area contributed by atoms with E-state index in [0.717, 1.165) is 19.2 Å². The molecule has 1 atom stereocenters. The van der Waals surface area contributed by atoms with Crippen LogP contribution in [0.4, 0.5) is 0 Å². The highest BCUT2D eigenvalue weighted by atomic mass is 16.5. The number of likely N-dealkylation sites (tertiary alicyclic amines) is 2. The molecule has 0 aromatic rings. The summed E-state index contributed by atoms with van der Waals surface area (Å²) >= 11 is 0. The molecule has 0 aromatic carbocycles. The van der Waals surface area contributed by atoms with Crippen LogP contribution in [-0.4, -0.2) is 74.9 Å². The molecule has 118 valence electrons. The maximum atomic E-state index is 5.15. The summed E-state index contributed by atoms with van der Waals surface area (Å²) in [6.07, 6.45) is 7.02. The Kier molecular flexibility index (Phi) is 7.28. The molecule has 0 aromatic heterocycles. The topological polar surface area (TPSA) is 27.7 Å². The first-order valence-electron chi connectivity index (χ1n) is 8.48. The van der Waals surface area contributed by atoms with E-state index >= 15 is 0 Å². The van der Waals surface area contributed by atoms with Crippen molar-refractivity contribution >= 4 is 0 Å². The maximum Gasteiger partial charge on any atom is 0.0613 e. The van der Waals surface area contributed by atoms with Crippen LogP contribution in [0.15, 0.2) is 0 Å². The second kappa shape index (κ2) is 8.98. The number of nitrogens with one attached hydrogen (secondary N) is 1. The quantitative estimate of drug-likeness (QED) is 0.767. The summed E-state index contributed by atoms with van der Waals surface area (Å²) in [7, 11) is 1.77. The molecule has 0 amide bonds. The zero-order valence-corrected chi connectivity index (χ0v) is 13.4. The fourth-order valence-corrected chi connectivity index (χ4v) is 3.57. The third-order valence-corrected chi connectivity index (χ3v) is 4.80. The first-order chi connectivity index (χ1) is 9.79. The normalized spacial score (nSPS) is 24.9. The predicted octanol–water partition coefficient (Wildman–Crippen LogP) is 1.56. The molecule has 20 heavy (non-hydrogen) atoms. The van der Waals surface area contributed by atoms with Gasteiger partial charge in [0, 0.05) is 32.3 Å². The van der Waals surface area contributed by atoms with E-state index in [1.807, 2.05) is 0 Å². The maximum absolute atomic E-state index is 5.15. The van der Waals surface area contributed by atoms with E-state index in [1.165, 1.54) is 64.8 Å². The number of piperidine rings is 2. The van der Waals surface area contributed by atoms with Gasteiger partial charge in [-0.3, -0.25) is 0 Å². The zero-order chi connectivity index (χ0) is 14.2. The summed E-state index contributed by atoms with van der Waals surface area (Å²) in [6, 6.07) is 1.33. The fourth-order valence-electron chi connectivity index (χ4n) is 3.57. The molecule has 4 nitrogen and oxygen atoms in total. The van der Waals surface area contributed by atoms with Crippen LogP contribution in [0, 0.1) is 0 Å². The smallest absolute Gasteiger partial charge is 0.0613 e. The molecule has 2 rings (SSSR count). The lowest BCUT2D eigenvalue weighted by Gasteiger charge is -2.40. The highest BCUT2D eigenvalue weighted by Crippen LogP contribution is 2.20. The summed E-state index contributed by atoms with van der Waals surface area (Å²) in [4.78, 5) is 5.37. The summed E-state index contributed by atoms with van der Waals surface area (Å²) in [5.74, 6) is 0. The minimum atomic E-state index is 0.464. The van der Waals surface area contributed by atoms with E-state index in [9.17, 15) is 0 Å². The molecule has 2 aliphatic rings. The van der Waals surface area contributed by atoms with E-state index in [2.05, 4.69) is 22.0 Å². The van der Waals surface area contributed by atoms with Crippen LogP contribution in [0.5, 0.6) is 0 Å². The largest absolute Gasteiger partial charge is 0.383 e. The summed E-state index contributed by atoms with van der Waals surface area (Å²) < 4.78 is 5.15. The molecular formula is C16H33N3O. The predicted molar refractivity (Wildman–Crippen MR) is 84.2 cm³/mol. The van der Waals surface area contributed by atoms with Crippen LogP contribution in [0.3, 0.4) is 0 Å². The Balaban J connectivity index is 1.57. The molecule has 0 aliphatic carbocycles. The van der Waals surface area contributed by atoms with Crippen molar-refractivity contribution in [2.75, 3.05) is 53.0 Å². The number of methoxy groups -OCH3 is 1. The molecule has 2 fully saturated rings. The van der Waals surface area contributed by atoms with Crippen LogP contribution in [0.2, 0.25) is 0 Å². The molecule has 1 N–H and O–H groups in total. The van der Waals surface area contributed by atoms with Crippen LogP contribution in [0.1, 0.15) is 39.0 Å². The monoisotopic (exact) mass is 283 g/mol. The van der Waals surface area contributed by atoms with Crippen LogP contribution in [0.25, 0.3) is 0 Å². The van der Waals surface area contributed by atoms with Crippen LogP contribution in [-0.2, 0) is 4.74 Å². The second-order valence-corrected chi connectivity index (χ2v) is 6.48. The van der Waals surface area contributed by atoms with Crippen molar-refractivity contribution in [3.63, 3.8) is 0 Å². The number of nitrogens with zero attached hydrogens (tertiary/aromatic N) is 2. The SMILES string of the molecule is COCC(C)NCCN1CCC(N2CCCCC2)CC1. The average molecular weight is 283 g/mol. The molecule has 0 saturated carbocycles. The first-order valence-corrected chi connectivity index (χ1v) is 8.48. The Morgan fingerprint density at radius 3 is 2.45 bits per heavy atom. The van der Waals surface area contributed by atoms with E-state index in [0.29, 0.717) is 6.04 Å². The minimum absolute atomic E-state index is 0.464. The highest BCUT2D eigenvalue weighted by Gasteiger charge is 2.25. The van der Waals surface area contributed by atoms with Gasteiger partial charge in [0.05, 0.1) is 6.61 Å². The van der Waals surface area contributed by atoms with Gasteiger partial charge in [-0.2, -0.15) is 0 Å². The van der Waals surface area contributed by atoms with Crippen molar-refractivity contribution in [3.05, 3.63) is 0 Å². The van der Waals surface area contributed by atoms with E-state index in [1.54, 1.807) is 7.11 Å². The molecule has 0 bridgehead atoms. The molecule has 1 unspecified atom stereocenters. The van der Waals surface area contributed by atoms with Gasteiger partial charge in [-0.15, -0.1) is 0 Å². The minimum Gasteiger partial charge on any atom is -0.383 e. The number of rotatable bonds is 7. The van der Waals surface area contributed by atoms with Gasteiger partial charge >= 0.3 is 0 Å². The van der Waals surface area contributed by atoms with E-state index in [4.69, 9.17) is 4.74 Å². The molecule has 2 aliphatic heterocycles. The van der Waals surface area contributed by atoms with Crippen molar-refractivity contribution in [2.45, 2.75) is 51.1 Å². The van der Waals surface area contributed by atoms with Crippen LogP contribution < -0.4 is 5.32 Å². The Morgan fingerprint density at radius 2 is 1.80 bits per heavy atom. The molecular weight excluding hydrogens is 250 g/mol. The Hall–Kier alpha value is -0.160. The Labute approximate surface area is 124 Å². The summed E-state index contributed by atoms with van der Waals surface area (Å²) in [5, 5.41) is 3.53. The van der Waals surface area contributed by atoms with Crippen LogP contribution >= 0.6 is 0 Å². The number of hydrogen-bond acceptors (Lipinski definition) is 4. The van der Waals surface area contributed by atoms with Gasteiger partial charge in [0.15, 0.2) is 0 Å². The number of hydrogen-bond donors (Lipinski definition) is 1. The molecule has 0 radical (unpaired) electrons. The molecule has 2 heterocycles. The van der Waals surface area contributed by atoms with E-state index < -0.39 is 0 Å². The average Bonchev–Trinajstić information content (AvgIpc) is 2.49. The van der Waals surface area contributed by atoms with Crippen molar-refractivity contribution in [3.8, 4) is 0 Å². The van der Waals surface area contributed by atoms with Gasteiger partial charge in [-0.25, -0.2) is 0 Å². The summed E-state index contributed by atoms with van der Waals surface area (Å²) in [6.45, 7) is 10.5. The lowest BCUT2D eigenvalue weighted by molar-refractivity contribution is 0.0919. The van der Waals surface area contributed by atoms with Crippen molar-refractivity contribution < 1.29 is 4.74 Å². The number of ether oxygens (including phenoxy) is 1. The van der Waals surface area contributed by atoms with Gasteiger partial charge in [0.25, 0.3) is 0 Å². The highest BCUT2D eigenvalue weighted by molar-refractivity contribution is 4.81. The van der Waals surface area contributed by atoms with Gasteiger partial charge in [0.1, 0.15) is 0 Å². The van der Waals surface area contributed by atoms with Crippen molar-refractivity contribution in [1.82, 2.24) is 15.1 Å². The van der Waals surface area contributed by atoms with E-state index in [-0.39, 0.29) is 0 Å².